The Labute approximate surface area is 155 Å². The lowest BCUT2D eigenvalue weighted by Gasteiger charge is -2.34. The summed E-state index contributed by atoms with van der Waals surface area (Å²) >= 11 is 3.30. The van der Waals surface area contributed by atoms with Gasteiger partial charge in [0.2, 0.25) is 5.91 Å². The molecule has 0 atom stereocenters. The highest BCUT2D eigenvalue weighted by atomic mass is 79.9. The lowest BCUT2D eigenvalue weighted by molar-refractivity contribution is -0.115. The second-order valence-corrected chi connectivity index (χ2v) is 7.21. The first-order chi connectivity index (χ1) is 12.0. The Morgan fingerprint density at radius 1 is 1.12 bits per heavy atom. The van der Waals surface area contributed by atoms with Crippen molar-refractivity contribution >= 4 is 33.2 Å². The molecule has 1 N–H and O–H groups in total. The maximum Gasteiger partial charge on any atom is 0.228 e. The van der Waals surface area contributed by atoms with Gasteiger partial charge in [0, 0.05) is 42.0 Å². The molecule has 1 heterocycles. The smallest absolute Gasteiger partial charge is 0.228 e. The first kappa shape index (κ1) is 17.9. The van der Waals surface area contributed by atoms with Crippen LogP contribution in [0.5, 0.6) is 0 Å². The van der Waals surface area contributed by atoms with Crippen molar-refractivity contribution in [3.63, 3.8) is 0 Å². The molecular weight excluding hydrogens is 385 g/mol. The number of nitrogens with one attached hydrogen (secondary N) is 1. The Hall–Kier alpha value is -1.92. The molecule has 4 nitrogen and oxygen atoms in total. The van der Waals surface area contributed by atoms with Gasteiger partial charge in [-0.05, 0) is 55.1 Å². The summed E-state index contributed by atoms with van der Waals surface area (Å²) in [4.78, 5) is 16.8. The lowest BCUT2D eigenvalue weighted by Crippen LogP contribution is -2.44. The Balaban J connectivity index is 1.59. The normalized spacial score (nSPS) is 15.2. The molecule has 2 aromatic rings. The summed E-state index contributed by atoms with van der Waals surface area (Å²) in [5.74, 6) is -0.604. The molecule has 132 valence electrons. The van der Waals surface area contributed by atoms with Crippen LogP contribution in [0.1, 0.15) is 5.56 Å². The predicted octanol–water partition coefficient (Wildman–Crippen LogP) is 3.52. The Morgan fingerprint density at radius 3 is 2.48 bits per heavy atom. The summed E-state index contributed by atoms with van der Waals surface area (Å²) < 4.78 is 14.5. The lowest BCUT2D eigenvalue weighted by atomic mass is 10.1. The van der Waals surface area contributed by atoms with Gasteiger partial charge in [0.15, 0.2) is 0 Å². The van der Waals surface area contributed by atoms with Crippen LogP contribution in [-0.4, -0.2) is 44.0 Å². The van der Waals surface area contributed by atoms with E-state index in [2.05, 4.69) is 38.1 Å². The first-order valence-corrected chi connectivity index (χ1v) is 9.08. The van der Waals surface area contributed by atoms with Crippen LogP contribution >= 0.6 is 15.9 Å². The molecule has 1 saturated heterocycles. The van der Waals surface area contributed by atoms with E-state index in [9.17, 15) is 9.18 Å². The first-order valence-electron chi connectivity index (χ1n) is 8.28. The van der Waals surface area contributed by atoms with Crippen LogP contribution in [-0.2, 0) is 11.2 Å². The van der Waals surface area contributed by atoms with Crippen LogP contribution in [0.2, 0.25) is 0 Å². The van der Waals surface area contributed by atoms with Crippen LogP contribution in [0.15, 0.2) is 46.9 Å². The highest BCUT2D eigenvalue weighted by molar-refractivity contribution is 9.10. The minimum absolute atomic E-state index is 0.00544. The maximum absolute atomic E-state index is 13.7. The number of carbonyl (C=O) groups is 1. The van der Waals surface area contributed by atoms with E-state index >= 15 is 0 Å². The van der Waals surface area contributed by atoms with E-state index in [-0.39, 0.29) is 18.1 Å². The van der Waals surface area contributed by atoms with Gasteiger partial charge in [-0.1, -0.05) is 15.9 Å². The van der Waals surface area contributed by atoms with Crippen LogP contribution in [0, 0.1) is 5.82 Å². The van der Waals surface area contributed by atoms with Crippen molar-refractivity contribution in [1.82, 2.24) is 4.90 Å². The van der Waals surface area contributed by atoms with E-state index < -0.39 is 0 Å². The zero-order valence-electron chi connectivity index (χ0n) is 14.1. The van der Waals surface area contributed by atoms with Crippen molar-refractivity contribution in [3.05, 3.63) is 58.3 Å². The van der Waals surface area contributed by atoms with Crippen molar-refractivity contribution in [3.8, 4) is 0 Å². The van der Waals surface area contributed by atoms with Gasteiger partial charge in [-0.15, -0.1) is 0 Å². The molecule has 0 radical (unpaired) electrons. The molecule has 0 aromatic heterocycles. The minimum atomic E-state index is -0.372. The number of piperazine rings is 1. The monoisotopic (exact) mass is 405 g/mol. The van der Waals surface area contributed by atoms with Gasteiger partial charge in [0.25, 0.3) is 0 Å². The van der Waals surface area contributed by atoms with Crippen molar-refractivity contribution in [1.29, 1.82) is 0 Å². The molecule has 0 aliphatic carbocycles. The number of anilines is 2. The van der Waals surface area contributed by atoms with Crippen LogP contribution in [0.25, 0.3) is 0 Å². The third-order valence-corrected chi connectivity index (χ3v) is 4.87. The van der Waals surface area contributed by atoms with E-state index in [4.69, 9.17) is 0 Å². The molecule has 1 fully saturated rings. The number of carbonyl (C=O) groups excluding carboxylic acids is 1. The molecule has 1 aliphatic rings. The maximum atomic E-state index is 13.7. The fourth-order valence-corrected chi connectivity index (χ4v) is 3.29. The third kappa shape index (κ3) is 4.80. The highest BCUT2D eigenvalue weighted by Gasteiger charge is 2.14. The summed E-state index contributed by atoms with van der Waals surface area (Å²) in [6.07, 6.45) is 0.00544. The minimum Gasteiger partial charge on any atom is -0.369 e. The summed E-state index contributed by atoms with van der Waals surface area (Å²) in [6.45, 7) is 4.11. The van der Waals surface area contributed by atoms with E-state index in [0.29, 0.717) is 5.56 Å². The predicted molar refractivity (Wildman–Crippen MR) is 103 cm³/mol. The fourth-order valence-electron chi connectivity index (χ4n) is 2.88. The number of likely N-dealkylation sites (N-methyl/N-ethyl adjacent to an activating group) is 1. The average Bonchev–Trinajstić information content (AvgIpc) is 2.59. The second-order valence-electron chi connectivity index (χ2n) is 6.30. The molecule has 1 amide bonds. The zero-order valence-corrected chi connectivity index (χ0v) is 15.7. The molecule has 3 rings (SSSR count). The molecule has 0 bridgehead atoms. The standard InChI is InChI=1S/C19H21BrFN3O/c1-23-8-10-24(11-9-23)17-5-3-16(4-6-17)22-19(25)13-14-12-15(20)2-7-18(14)21/h2-7,12H,8-11,13H2,1H3,(H,22,25). The number of rotatable bonds is 4. The molecule has 1 aliphatic heterocycles. The van der Waals surface area contributed by atoms with Crippen LogP contribution < -0.4 is 10.2 Å². The molecular formula is C19H21BrFN3O. The molecule has 0 unspecified atom stereocenters. The van der Waals surface area contributed by atoms with Gasteiger partial charge in [-0.25, -0.2) is 4.39 Å². The van der Waals surface area contributed by atoms with Crippen molar-refractivity contribution in [2.45, 2.75) is 6.42 Å². The average molecular weight is 406 g/mol. The van der Waals surface area contributed by atoms with Gasteiger partial charge in [0.05, 0.1) is 6.42 Å². The molecule has 0 saturated carbocycles. The van der Waals surface area contributed by atoms with Gasteiger partial charge >= 0.3 is 0 Å². The van der Waals surface area contributed by atoms with Crippen LogP contribution in [0.3, 0.4) is 0 Å². The number of nitrogens with zero attached hydrogens (tertiary/aromatic N) is 2. The Morgan fingerprint density at radius 2 is 1.80 bits per heavy atom. The molecule has 25 heavy (non-hydrogen) atoms. The molecule has 2 aromatic carbocycles. The third-order valence-electron chi connectivity index (χ3n) is 4.38. The summed E-state index contributed by atoms with van der Waals surface area (Å²) in [6, 6.07) is 12.4. The van der Waals surface area contributed by atoms with Gasteiger partial charge in [-0.2, -0.15) is 0 Å². The van der Waals surface area contributed by atoms with E-state index in [0.717, 1.165) is 42.0 Å². The number of benzene rings is 2. The summed E-state index contributed by atoms with van der Waals surface area (Å²) in [7, 11) is 2.13. The number of hydrogen-bond acceptors (Lipinski definition) is 3. The van der Waals surface area contributed by atoms with Crippen molar-refractivity contribution < 1.29 is 9.18 Å². The number of amides is 1. The van der Waals surface area contributed by atoms with E-state index in [1.165, 1.54) is 6.07 Å². The molecule has 0 spiro atoms. The topological polar surface area (TPSA) is 35.6 Å². The van der Waals surface area contributed by atoms with Crippen molar-refractivity contribution in [2.24, 2.45) is 0 Å². The van der Waals surface area contributed by atoms with Gasteiger partial charge < -0.3 is 15.1 Å². The SMILES string of the molecule is CN1CCN(c2ccc(NC(=O)Cc3cc(Br)ccc3F)cc2)CC1. The quantitative estimate of drug-likeness (QED) is 0.844. The summed E-state index contributed by atoms with van der Waals surface area (Å²) in [5, 5.41) is 2.83. The van der Waals surface area contributed by atoms with Crippen LogP contribution in [0.4, 0.5) is 15.8 Å². The number of halogens is 2. The fraction of sp³-hybridized carbons (Fsp3) is 0.316. The number of hydrogen-bond donors (Lipinski definition) is 1. The Bertz CT molecular complexity index is 743. The molecule has 6 heteroatoms. The summed E-state index contributed by atoms with van der Waals surface area (Å²) in [5.41, 5.74) is 2.25. The van der Waals surface area contributed by atoms with Gasteiger partial charge in [0.1, 0.15) is 5.82 Å². The zero-order chi connectivity index (χ0) is 17.8. The van der Waals surface area contributed by atoms with Gasteiger partial charge in [-0.3, -0.25) is 4.79 Å². The van der Waals surface area contributed by atoms with E-state index in [1.54, 1.807) is 12.1 Å². The van der Waals surface area contributed by atoms with E-state index in [1.807, 2.05) is 24.3 Å². The highest BCUT2D eigenvalue weighted by Crippen LogP contribution is 2.20. The Kier molecular flexibility index (Phi) is 5.71. The van der Waals surface area contributed by atoms with Crippen molar-refractivity contribution in [2.75, 3.05) is 43.4 Å². The largest absolute Gasteiger partial charge is 0.369 e. The second kappa shape index (κ2) is 7.97.